The molecule has 0 fully saturated rings. The molecule has 0 aliphatic carbocycles. The van der Waals surface area contributed by atoms with Gasteiger partial charge in [-0.1, -0.05) is 6.58 Å². The summed E-state index contributed by atoms with van der Waals surface area (Å²) in [6, 6.07) is 0. The first-order valence-corrected chi connectivity index (χ1v) is 3.00. The Balaban J connectivity index is 2.69. The lowest BCUT2D eigenvalue weighted by Gasteiger charge is -2.14. The number of nitrogens with one attached hydrogen (secondary N) is 1. The first-order chi connectivity index (χ1) is 4.70. The molecule has 0 saturated heterocycles. The molecule has 3 heteroatoms. The fraction of sp³-hybridized carbons (Fsp3) is 0.286. The van der Waals surface area contributed by atoms with Gasteiger partial charge in [0.1, 0.15) is 6.61 Å². The standard InChI is InChI=1S/C7H9NO2/c1-5(2)6-3-4-10-7(9)8-6/h3H,1,4H2,2H3,(H,8,9). The average molecular weight is 139 g/mol. The number of ether oxygens (including phenoxy) is 1. The van der Waals surface area contributed by atoms with Gasteiger partial charge in [0, 0.05) is 5.70 Å². The molecule has 0 saturated carbocycles. The van der Waals surface area contributed by atoms with Crippen molar-refractivity contribution in [3.05, 3.63) is 23.9 Å². The molecular formula is C7H9NO2. The second-order valence-corrected chi connectivity index (χ2v) is 2.12. The molecule has 0 aromatic rings. The van der Waals surface area contributed by atoms with E-state index in [9.17, 15) is 4.79 Å². The molecule has 0 aromatic carbocycles. The summed E-state index contributed by atoms with van der Waals surface area (Å²) >= 11 is 0. The Morgan fingerprint density at radius 3 is 3.00 bits per heavy atom. The first kappa shape index (κ1) is 6.86. The molecule has 1 aliphatic rings. The molecule has 1 heterocycles. The highest BCUT2D eigenvalue weighted by atomic mass is 16.5. The third kappa shape index (κ3) is 1.37. The zero-order valence-electron chi connectivity index (χ0n) is 5.81. The number of carbonyl (C=O) groups is 1. The molecule has 54 valence electrons. The van der Waals surface area contributed by atoms with Gasteiger partial charge in [0.25, 0.3) is 0 Å². The molecular weight excluding hydrogens is 130 g/mol. The van der Waals surface area contributed by atoms with Gasteiger partial charge in [0.05, 0.1) is 0 Å². The second-order valence-electron chi connectivity index (χ2n) is 2.12. The molecule has 0 aromatic heterocycles. The van der Waals surface area contributed by atoms with Crippen LogP contribution in [0.3, 0.4) is 0 Å². The molecule has 0 bridgehead atoms. The summed E-state index contributed by atoms with van der Waals surface area (Å²) in [5.74, 6) is 0. The number of cyclic esters (lactones) is 1. The predicted molar refractivity (Wildman–Crippen MR) is 37.4 cm³/mol. The number of rotatable bonds is 1. The van der Waals surface area contributed by atoms with E-state index in [0.29, 0.717) is 6.61 Å². The maximum Gasteiger partial charge on any atom is 0.411 e. The van der Waals surface area contributed by atoms with Crippen molar-refractivity contribution in [3.8, 4) is 0 Å². The number of carbonyl (C=O) groups excluding carboxylic acids is 1. The summed E-state index contributed by atoms with van der Waals surface area (Å²) in [5, 5.41) is 2.52. The van der Waals surface area contributed by atoms with Crippen molar-refractivity contribution in [2.75, 3.05) is 6.61 Å². The van der Waals surface area contributed by atoms with E-state index >= 15 is 0 Å². The quantitative estimate of drug-likeness (QED) is 0.592. The van der Waals surface area contributed by atoms with Crippen LogP contribution in [0.4, 0.5) is 4.79 Å². The fourth-order valence-electron chi connectivity index (χ4n) is 0.679. The van der Waals surface area contributed by atoms with E-state index in [-0.39, 0.29) is 0 Å². The molecule has 10 heavy (non-hydrogen) atoms. The van der Waals surface area contributed by atoms with Crippen molar-refractivity contribution in [2.24, 2.45) is 0 Å². The predicted octanol–water partition coefficient (Wildman–Crippen LogP) is 1.19. The Morgan fingerprint density at radius 2 is 2.60 bits per heavy atom. The maximum absolute atomic E-state index is 10.6. The summed E-state index contributed by atoms with van der Waals surface area (Å²) in [4.78, 5) is 10.6. The van der Waals surface area contributed by atoms with E-state index in [4.69, 9.17) is 0 Å². The van der Waals surface area contributed by atoms with E-state index in [1.165, 1.54) is 0 Å². The molecule has 0 spiro atoms. The number of alkyl carbamates (subject to hydrolysis) is 1. The average Bonchev–Trinajstić information content (AvgIpc) is 1.88. The molecule has 0 radical (unpaired) electrons. The fourth-order valence-corrected chi connectivity index (χ4v) is 0.679. The lowest BCUT2D eigenvalue weighted by atomic mass is 10.2. The minimum Gasteiger partial charge on any atom is -0.445 e. The molecule has 0 unspecified atom stereocenters. The Kier molecular flexibility index (Phi) is 1.76. The summed E-state index contributed by atoms with van der Waals surface area (Å²) in [5.41, 5.74) is 1.60. The Bertz CT molecular complexity index is 206. The van der Waals surface area contributed by atoms with Gasteiger partial charge in [-0.15, -0.1) is 0 Å². The van der Waals surface area contributed by atoms with Gasteiger partial charge in [0.2, 0.25) is 0 Å². The van der Waals surface area contributed by atoms with Gasteiger partial charge in [-0.25, -0.2) is 4.79 Å². The van der Waals surface area contributed by atoms with E-state index < -0.39 is 6.09 Å². The van der Waals surface area contributed by atoms with Crippen LogP contribution in [0.1, 0.15) is 6.92 Å². The van der Waals surface area contributed by atoms with Crippen molar-refractivity contribution in [1.29, 1.82) is 0 Å². The molecule has 1 rings (SSSR count). The number of amides is 1. The van der Waals surface area contributed by atoms with Crippen LogP contribution in [0.2, 0.25) is 0 Å². The monoisotopic (exact) mass is 139 g/mol. The molecule has 1 N–H and O–H groups in total. The van der Waals surface area contributed by atoms with E-state index in [2.05, 4.69) is 16.6 Å². The van der Waals surface area contributed by atoms with Crippen molar-refractivity contribution in [1.82, 2.24) is 5.32 Å². The van der Waals surface area contributed by atoms with E-state index in [0.717, 1.165) is 11.3 Å². The summed E-state index contributed by atoms with van der Waals surface area (Å²) in [6.45, 7) is 5.85. The van der Waals surface area contributed by atoms with Crippen LogP contribution in [-0.2, 0) is 4.74 Å². The van der Waals surface area contributed by atoms with Gasteiger partial charge in [-0.05, 0) is 18.6 Å². The lowest BCUT2D eigenvalue weighted by molar-refractivity contribution is 0.156. The Morgan fingerprint density at radius 1 is 1.90 bits per heavy atom. The minimum absolute atomic E-state index is 0.341. The van der Waals surface area contributed by atoms with Crippen LogP contribution < -0.4 is 5.32 Å². The van der Waals surface area contributed by atoms with Crippen molar-refractivity contribution in [3.63, 3.8) is 0 Å². The topological polar surface area (TPSA) is 38.3 Å². The second kappa shape index (κ2) is 2.56. The highest BCUT2D eigenvalue weighted by Gasteiger charge is 2.09. The van der Waals surface area contributed by atoms with Gasteiger partial charge in [0.15, 0.2) is 0 Å². The van der Waals surface area contributed by atoms with Crippen molar-refractivity contribution < 1.29 is 9.53 Å². The number of allylic oxidation sites excluding steroid dienone is 1. The van der Waals surface area contributed by atoms with Gasteiger partial charge in [-0.3, -0.25) is 5.32 Å². The van der Waals surface area contributed by atoms with E-state index in [1.54, 1.807) is 6.08 Å². The van der Waals surface area contributed by atoms with Crippen LogP contribution in [0.15, 0.2) is 23.9 Å². The normalized spacial score (nSPS) is 16.9. The van der Waals surface area contributed by atoms with Crippen molar-refractivity contribution in [2.45, 2.75) is 6.92 Å². The molecule has 1 aliphatic heterocycles. The van der Waals surface area contributed by atoms with Gasteiger partial charge < -0.3 is 4.74 Å². The highest BCUT2D eigenvalue weighted by molar-refractivity contribution is 5.72. The minimum atomic E-state index is -0.402. The van der Waals surface area contributed by atoms with E-state index in [1.807, 2.05) is 6.92 Å². The lowest BCUT2D eigenvalue weighted by Crippen LogP contribution is -2.28. The first-order valence-electron chi connectivity index (χ1n) is 3.00. The number of hydrogen-bond acceptors (Lipinski definition) is 2. The van der Waals surface area contributed by atoms with Crippen LogP contribution in [0.25, 0.3) is 0 Å². The van der Waals surface area contributed by atoms with Crippen LogP contribution in [0.5, 0.6) is 0 Å². The zero-order valence-corrected chi connectivity index (χ0v) is 5.81. The Hall–Kier alpha value is -1.25. The third-order valence-electron chi connectivity index (χ3n) is 1.20. The zero-order chi connectivity index (χ0) is 7.56. The summed E-state index contributed by atoms with van der Waals surface area (Å²) in [7, 11) is 0. The van der Waals surface area contributed by atoms with Crippen LogP contribution in [0, 0.1) is 0 Å². The van der Waals surface area contributed by atoms with Gasteiger partial charge in [-0.2, -0.15) is 0 Å². The Labute approximate surface area is 59.4 Å². The largest absolute Gasteiger partial charge is 0.445 e. The maximum atomic E-state index is 10.6. The van der Waals surface area contributed by atoms with Crippen LogP contribution in [-0.4, -0.2) is 12.7 Å². The van der Waals surface area contributed by atoms with Crippen LogP contribution >= 0.6 is 0 Å². The molecule has 1 amide bonds. The molecule has 3 nitrogen and oxygen atoms in total. The number of hydrogen-bond donors (Lipinski definition) is 1. The summed E-state index contributed by atoms with van der Waals surface area (Å²) < 4.78 is 4.59. The SMILES string of the molecule is C=C(C)C1=CCOC(=O)N1. The smallest absolute Gasteiger partial charge is 0.411 e. The highest BCUT2D eigenvalue weighted by Crippen LogP contribution is 2.06. The molecule has 0 atom stereocenters. The third-order valence-corrected chi connectivity index (χ3v) is 1.20. The van der Waals surface area contributed by atoms with Gasteiger partial charge >= 0.3 is 6.09 Å². The van der Waals surface area contributed by atoms with Crippen molar-refractivity contribution >= 4 is 6.09 Å². The summed E-state index contributed by atoms with van der Waals surface area (Å²) in [6.07, 6.45) is 1.38.